The van der Waals surface area contributed by atoms with Crippen LogP contribution in [0, 0.1) is 0 Å². The van der Waals surface area contributed by atoms with E-state index in [0.717, 1.165) is 37.1 Å². The van der Waals surface area contributed by atoms with E-state index < -0.39 is 10.8 Å². The van der Waals surface area contributed by atoms with Crippen molar-refractivity contribution in [3.63, 3.8) is 0 Å². The minimum atomic E-state index is -0.604. The Labute approximate surface area is 549 Å². The first-order chi connectivity index (χ1) is 46.6. The molecule has 15 aromatic carbocycles. The third-order valence-electron chi connectivity index (χ3n) is 21.4. The first-order valence-corrected chi connectivity index (χ1v) is 33.3. The van der Waals surface area contributed by atoms with Crippen LogP contribution in [-0.2, 0) is 36.5 Å². The molecule has 0 spiro atoms. The maximum Gasteiger partial charge on any atom is 0.0713 e. The van der Waals surface area contributed by atoms with E-state index in [-0.39, 0.29) is 0 Å². The summed E-state index contributed by atoms with van der Waals surface area (Å²) < 4.78 is 0. The number of hydrogen-bond donors (Lipinski definition) is 0. The fourth-order valence-corrected chi connectivity index (χ4v) is 17.4. The van der Waals surface area contributed by atoms with Crippen LogP contribution in [0.4, 0.5) is 34.1 Å². The zero-order valence-corrected chi connectivity index (χ0v) is 52.1. The van der Waals surface area contributed by atoms with Gasteiger partial charge in [-0.25, -0.2) is 0 Å². The number of rotatable bonds is 8. The molecule has 19 rings (SSSR count). The highest BCUT2D eigenvalue weighted by atomic mass is 15.2. The summed E-state index contributed by atoms with van der Waals surface area (Å²) in [6.07, 6.45) is 3.85. The first-order valence-electron chi connectivity index (χ1n) is 33.3. The molecule has 442 valence electrons. The quantitative estimate of drug-likeness (QED) is 0.140. The lowest BCUT2D eigenvalue weighted by atomic mass is 9.67. The first kappa shape index (κ1) is 54.2. The van der Waals surface area contributed by atoms with Gasteiger partial charge in [0.2, 0.25) is 0 Å². The number of benzene rings is 15. The second-order valence-corrected chi connectivity index (χ2v) is 26.0. The lowest BCUT2D eigenvalue weighted by Gasteiger charge is -2.34. The van der Waals surface area contributed by atoms with E-state index in [1.54, 1.807) is 0 Å². The lowest BCUT2D eigenvalue weighted by Crippen LogP contribution is -2.28. The van der Waals surface area contributed by atoms with Gasteiger partial charge in [0.05, 0.1) is 10.8 Å². The van der Waals surface area contributed by atoms with Crippen molar-refractivity contribution in [2.24, 2.45) is 0 Å². The summed E-state index contributed by atoms with van der Waals surface area (Å²) >= 11 is 0. The fraction of sp³-hybridized carbons (Fsp3) is 0.0652. The van der Waals surface area contributed by atoms with Crippen molar-refractivity contribution in [2.75, 3.05) is 9.80 Å². The van der Waals surface area contributed by atoms with Gasteiger partial charge >= 0.3 is 0 Å². The molecule has 2 heteroatoms. The van der Waals surface area contributed by atoms with Crippen molar-refractivity contribution in [3.05, 3.63) is 406 Å². The second kappa shape index (κ2) is 21.5. The highest BCUT2D eigenvalue weighted by molar-refractivity contribution is 6.23. The van der Waals surface area contributed by atoms with E-state index in [9.17, 15) is 0 Å². The van der Waals surface area contributed by atoms with Crippen LogP contribution in [0.1, 0.15) is 66.8 Å². The van der Waals surface area contributed by atoms with E-state index >= 15 is 0 Å². The summed E-state index contributed by atoms with van der Waals surface area (Å²) in [7, 11) is 0. The minimum Gasteiger partial charge on any atom is -0.310 e. The number of para-hydroxylation sites is 4. The molecule has 94 heavy (non-hydrogen) atoms. The van der Waals surface area contributed by atoms with Gasteiger partial charge < -0.3 is 9.80 Å². The summed E-state index contributed by atoms with van der Waals surface area (Å²) in [6, 6.07) is 129. The van der Waals surface area contributed by atoms with Crippen molar-refractivity contribution in [1.82, 2.24) is 0 Å². The second-order valence-electron chi connectivity index (χ2n) is 26.0. The number of anilines is 6. The predicted octanol–water partition coefficient (Wildman–Crippen LogP) is 23.2. The average molecular weight is 1200 g/mol. The normalized spacial score (nSPS) is 14.3. The van der Waals surface area contributed by atoms with Crippen molar-refractivity contribution >= 4 is 55.7 Å². The smallest absolute Gasteiger partial charge is 0.0713 e. The van der Waals surface area contributed by atoms with Crippen LogP contribution < -0.4 is 9.80 Å². The van der Waals surface area contributed by atoms with Crippen molar-refractivity contribution < 1.29 is 0 Å². The molecule has 0 radical (unpaired) electrons. The molecule has 0 amide bonds. The Morgan fingerprint density at radius 2 is 0.500 bits per heavy atom. The predicted molar refractivity (Wildman–Crippen MR) is 391 cm³/mol. The number of nitrogens with zero attached hydrogens (tertiary/aromatic N) is 2. The SMILES string of the molecule is c1ccc(C2(c3ccccc3)c3ccccc3-c3ccc(-c4c5ccc(N6c7ccccc7CCc7ccccc76)cc5c(-c5ccc6c(c5)C(c5ccccc5)(c5ccccc5)c5ccccc5-6)c5ccc(N6c7ccccc7CCc7ccccc76)cc45)cc32)cc1. The molecule has 2 aliphatic heterocycles. The van der Waals surface area contributed by atoms with Gasteiger partial charge in [-0.3, -0.25) is 0 Å². The van der Waals surface area contributed by atoms with Crippen molar-refractivity contribution in [2.45, 2.75) is 36.5 Å². The zero-order chi connectivity index (χ0) is 61.9. The maximum absolute atomic E-state index is 2.59. The van der Waals surface area contributed by atoms with E-state index in [1.807, 2.05) is 0 Å². The molecule has 2 nitrogen and oxygen atoms in total. The maximum atomic E-state index is 2.59. The lowest BCUT2D eigenvalue weighted by molar-refractivity contribution is 0.769. The monoisotopic (exact) mass is 1200 g/mol. The third-order valence-corrected chi connectivity index (χ3v) is 21.4. The fourth-order valence-electron chi connectivity index (χ4n) is 17.4. The number of hydrogen-bond acceptors (Lipinski definition) is 2. The summed E-state index contributed by atoms with van der Waals surface area (Å²) in [4.78, 5) is 5.11. The Morgan fingerprint density at radius 1 is 0.213 bits per heavy atom. The molecule has 4 aliphatic rings. The molecule has 0 saturated carbocycles. The van der Waals surface area contributed by atoms with Crippen molar-refractivity contribution in [3.8, 4) is 44.5 Å². The molecular weight excluding hydrogens is 1130 g/mol. The van der Waals surface area contributed by atoms with Gasteiger partial charge in [0.15, 0.2) is 0 Å². The molecule has 0 saturated heterocycles. The summed E-state index contributed by atoms with van der Waals surface area (Å²) in [6.45, 7) is 0. The third kappa shape index (κ3) is 7.96. The summed E-state index contributed by atoms with van der Waals surface area (Å²) in [5, 5.41) is 4.77. The molecule has 2 aliphatic carbocycles. The summed E-state index contributed by atoms with van der Waals surface area (Å²) in [5.41, 5.74) is 31.3. The molecule has 0 atom stereocenters. The topological polar surface area (TPSA) is 6.48 Å². The molecule has 2 heterocycles. The minimum absolute atomic E-state index is 0.604. The van der Waals surface area contributed by atoms with Crippen LogP contribution in [0.25, 0.3) is 66.1 Å². The van der Waals surface area contributed by atoms with Crippen molar-refractivity contribution in [1.29, 1.82) is 0 Å². The van der Waals surface area contributed by atoms with Crippen LogP contribution >= 0.6 is 0 Å². The molecule has 0 fully saturated rings. The van der Waals surface area contributed by atoms with E-state index in [1.165, 1.54) is 156 Å². The standard InChI is InChI=1S/C92H64N2/c1-5-29-67(30-6-1)91(68-31-7-2-8-32-68)81-39-19-17-37-73(81)75-53-49-65(57-83(75)91)89-77-55-51-72(94-87-43-23-15-27-63(87)47-48-64-28-16-24-44-88(64)94)60-80(77)90(78-56-52-71(59-79(78)89)93-85-41-21-13-25-61(85)45-46-62-26-14-22-42-86(62)93)66-50-54-76-74-38-18-20-40-82(74)92(84(76)58-66,69-33-9-3-10-34-69)70-35-11-4-12-36-70/h1-44,49-60H,45-48H2. The van der Waals surface area contributed by atoms with Gasteiger partial charge in [-0.2, -0.15) is 0 Å². The van der Waals surface area contributed by atoms with Crippen LogP contribution in [0.5, 0.6) is 0 Å². The highest BCUT2D eigenvalue weighted by Gasteiger charge is 2.48. The Morgan fingerprint density at radius 3 is 0.840 bits per heavy atom. The van der Waals surface area contributed by atoms with E-state index in [2.05, 4.69) is 350 Å². The van der Waals surface area contributed by atoms with Gasteiger partial charge in [0, 0.05) is 34.1 Å². The van der Waals surface area contributed by atoms with E-state index in [4.69, 9.17) is 0 Å². The highest BCUT2D eigenvalue weighted by Crippen LogP contribution is 2.60. The molecule has 0 aromatic heterocycles. The van der Waals surface area contributed by atoms with Crippen LogP contribution in [-0.4, -0.2) is 0 Å². The van der Waals surface area contributed by atoms with Crippen LogP contribution in [0.15, 0.2) is 340 Å². The van der Waals surface area contributed by atoms with E-state index in [0.29, 0.717) is 0 Å². The largest absolute Gasteiger partial charge is 0.310 e. The Bertz CT molecular complexity index is 5000. The molecule has 0 N–H and O–H groups in total. The average Bonchev–Trinajstić information content (AvgIpc) is 1.70. The molecule has 0 unspecified atom stereocenters. The van der Waals surface area contributed by atoms with Gasteiger partial charge in [-0.15, -0.1) is 0 Å². The summed E-state index contributed by atoms with van der Waals surface area (Å²) in [5.74, 6) is 0. The molecule has 15 aromatic rings. The number of fused-ring (bicyclic) bond motifs is 12. The van der Waals surface area contributed by atoms with Gasteiger partial charge in [-0.05, 0) is 219 Å². The van der Waals surface area contributed by atoms with Gasteiger partial charge in [0.25, 0.3) is 0 Å². The molecular formula is C92H64N2. The zero-order valence-electron chi connectivity index (χ0n) is 52.1. The Kier molecular flexibility index (Phi) is 12.4. The Balaban J connectivity index is 0.963. The van der Waals surface area contributed by atoms with Gasteiger partial charge in [-0.1, -0.05) is 279 Å². The van der Waals surface area contributed by atoms with Crippen LogP contribution in [0.2, 0.25) is 0 Å². The number of aryl methyl sites for hydroxylation is 4. The Hall–Kier alpha value is -11.6. The molecule has 0 bridgehead atoms. The van der Waals surface area contributed by atoms with Crippen LogP contribution in [0.3, 0.4) is 0 Å². The van der Waals surface area contributed by atoms with Gasteiger partial charge in [0.1, 0.15) is 0 Å².